The first-order chi connectivity index (χ1) is 13.2. The smallest absolute Gasteiger partial charge is 0.191 e. The number of rotatable bonds is 9. The van der Waals surface area contributed by atoms with Crippen LogP contribution in [0.5, 0.6) is 5.75 Å². The van der Waals surface area contributed by atoms with Gasteiger partial charge < -0.3 is 15.4 Å². The number of benzene rings is 1. The van der Waals surface area contributed by atoms with Gasteiger partial charge in [-0.25, -0.2) is 4.99 Å². The van der Waals surface area contributed by atoms with Crippen molar-refractivity contribution in [3.8, 4) is 5.75 Å². The van der Waals surface area contributed by atoms with Gasteiger partial charge in [-0.15, -0.1) is 0 Å². The van der Waals surface area contributed by atoms with Gasteiger partial charge in [-0.2, -0.15) is 0 Å². The highest BCUT2D eigenvalue weighted by Crippen LogP contribution is 2.23. The molecule has 0 spiro atoms. The molecule has 0 radical (unpaired) electrons. The first-order valence-corrected chi connectivity index (χ1v) is 11.7. The van der Waals surface area contributed by atoms with E-state index in [1.54, 1.807) is 0 Å². The van der Waals surface area contributed by atoms with Gasteiger partial charge >= 0.3 is 0 Å². The van der Waals surface area contributed by atoms with Crippen molar-refractivity contribution in [2.75, 3.05) is 18.9 Å². The Labute approximate surface area is 166 Å². The summed E-state index contributed by atoms with van der Waals surface area (Å²) in [6.07, 6.45) is 5.29. The second kappa shape index (κ2) is 12.0. The summed E-state index contributed by atoms with van der Waals surface area (Å²) in [6, 6.07) is 8.48. The van der Waals surface area contributed by atoms with Crippen molar-refractivity contribution in [2.45, 2.75) is 70.7 Å². The van der Waals surface area contributed by atoms with Crippen molar-refractivity contribution < 1.29 is 8.95 Å². The van der Waals surface area contributed by atoms with E-state index in [1.807, 2.05) is 19.1 Å². The molecule has 0 aliphatic heterocycles. The van der Waals surface area contributed by atoms with Crippen molar-refractivity contribution in [3.63, 3.8) is 0 Å². The average Bonchev–Trinajstić information content (AvgIpc) is 2.70. The van der Waals surface area contributed by atoms with Gasteiger partial charge in [0.1, 0.15) is 5.75 Å². The Hall–Kier alpha value is -1.56. The molecule has 27 heavy (non-hydrogen) atoms. The number of nitrogens with zero attached hydrogens (tertiary/aromatic N) is 1. The minimum absolute atomic E-state index is 0.316. The molecule has 1 saturated carbocycles. The third kappa shape index (κ3) is 7.53. The molecule has 2 N–H and O–H groups in total. The van der Waals surface area contributed by atoms with Crippen LogP contribution in [0.2, 0.25) is 0 Å². The first-order valence-electron chi connectivity index (χ1n) is 10.3. The second-order valence-electron chi connectivity index (χ2n) is 6.99. The Kier molecular flexibility index (Phi) is 9.67. The van der Waals surface area contributed by atoms with E-state index in [2.05, 4.69) is 36.6 Å². The summed E-state index contributed by atoms with van der Waals surface area (Å²) in [4.78, 5) is 4.75. The lowest BCUT2D eigenvalue weighted by molar-refractivity contribution is 0.317. The van der Waals surface area contributed by atoms with E-state index < -0.39 is 10.8 Å². The zero-order chi connectivity index (χ0) is 19.5. The molecule has 0 aromatic heterocycles. The highest BCUT2D eigenvalue weighted by atomic mass is 32.2. The van der Waals surface area contributed by atoms with Crippen LogP contribution in [0.1, 0.15) is 58.4 Å². The Bertz CT molecular complexity index is 621. The second-order valence-corrected chi connectivity index (χ2v) is 9.00. The number of ether oxygens (including phenoxy) is 1. The lowest BCUT2D eigenvalue weighted by atomic mass is 9.95. The number of nitrogens with one attached hydrogen (secondary N) is 2. The number of hydrogen-bond acceptors (Lipinski definition) is 3. The van der Waals surface area contributed by atoms with Crippen LogP contribution in [0.4, 0.5) is 0 Å². The minimum Gasteiger partial charge on any atom is -0.494 e. The topological polar surface area (TPSA) is 62.7 Å². The molecular weight excluding hydrogens is 358 g/mol. The molecule has 0 bridgehead atoms. The third-order valence-electron chi connectivity index (χ3n) is 4.76. The maximum atomic E-state index is 12.2. The normalized spacial score (nSPS) is 21.5. The molecule has 0 heterocycles. The Balaban J connectivity index is 1.96. The van der Waals surface area contributed by atoms with Crippen molar-refractivity contribution >= 4 is 16.8 Å². The van der Waals surface area contributed by atoms with E-state index in [-0.39, 0.29) is 0 Å². The minimum atomic E-state index is -0.706. The van der Waals surface area contributed by atoms with Crippen molar-refractivity contribution in [1.29, 1.82) is 0 Å². The zero-order valence-corrected chi connectivity index (χ0v) is 17.8. The first kappa shape index (κ1) is 21.7. The van der Waals surface area contributed by atoms with Crippen LogP contribution in [-0.4, -0.2) is 40.4 Å². The maximum absolute atomic E-state index is 12.2. The molecule has 6 heteroatoms. The van der Waals surface area contributed by atoms with Crippen molar-refractivity contribution in [2.24, 2.45) is 4.99 Å². The SMILES string of the molecule is CCCOc1cccc(CN=C(NCC)NC2CCCC(S(=O)CC)C2)c1. The highest BCUT2D eigenvalue weighted by Gasteiger charge is 2.26. The fraction of sp³-hybridized carbons (Fsp3) is 0.667. The molecular formula is C21H35N3O2S. The van der Waals surface area contributed by atoms with E-state index >= 15 is 0 Å². The fourth-order valence-corrected chi connectivity index (χ4v) is 4.74. The lowest BCUT2D eigenvalue weighted by Gasteiger charge is -2.30. The molecule has 2 rings (SSSR count). The van der Waals surface area contributed by atoms with Crippen molar-refractivity contribution in [1.82, 2.24) is 10.6 Å². The highest BCUT2D eigenvalue weighted by molar-refractivity contribution is 7.85. The third-order valence-corrected chi connectivity index (χ3v) is 6.50. The van der Waals surface area contributed by atoms with Crippen LogP contribution in [0.25, 0.3) is 0 Å². The van der Waals surface area contributed by atoms with Gasteiger partial charge in [-0.05, 0) is 50.3 Å². The van der Waals surface area contributed by atoms with E-state index in [1.165, 1.54) is 0 Å². The summed E-state index contributed by atoms with van der Waals surface area (Å²) in [5.41, 5.74) is 1.13. The Morgan fingerprint density at radius 2 is 2.15 bits per heavy atom. The van der Waals surface area contributed by atoms with E-state index in [0.717, 1.165) is 68.3 Å². The largest absolute Gasteiger partial charge is 0.494 e. The van der Waals surface area contributed by atoms with Gasteiger partial charge in [0.2, 0.25) is 0 Å². The molecule has 1 aliphatic carbocycles. The molecule has 1 aromatic rings. The molecule has 3 unspecified atom stereocenters. The monoisotopic (exact) mass is 393 g/mol. The van der Waals surface area contributed by atoms with E-state index in [0.29, 0.717) is 17.8 Å². The van der Waals surface area contributed by atoms with Crippen LogP contribution in [0.15, 0.2) is 29.3 Å². The summed E-state index contributed by atoms with van der Waals surface area (Å²) in [5, 5.41) is 7.21. The van der Waals surface area contributed by atoms with Crippen molar-refractivity contribution in [3.05, 3.63) is 29.8 Å². The van der Waals surface area contributed by atoms with Gasteiger partial charge in [0, 0.05) is 34.4 Å². The average molecular weight is 394 g/mol. The van der Waals surface area contributed by atoms with Crippen LogP contribution in [-0.2, 0) is 17.3 Å². The van der Waals surface area contributed by atoms with E-state index in [4.69, 9.17) is 9.73 Å². The summed E-state index contributed by atoms with van der Waals surface area (Å²) in [6.45, 7) is 8.36. The fourth-order valence-electron chi connectivity index (χ4n) is 3.39. The summed E-state index contributed by atoms with van der Waals surface area (Å²) >= 11 is 0. The number of aliphatic imine (C=N–C) groups is 1. The van der Waals surface area contributed by atoms with Crippen LogP contribution in [0.3, 0.4) is 0 Å². The summed E-state index contributed by atoms with van der Waals surface area (Å²) < 4.78 is 17.9. The van der Waals surface area contributed by atoms with Crippen LogP contribution < -0.4 is 15.4 Å². The lowest BCUT2D eigenvalue weighted by Crippen LogP contribution is -2.46. The van der Waals surface area contributed by atoms with Gasteiger partial charge in [-0.3, -0.25) is 4.21 Å². The van der Waals surface area contributed by atoms with Crippen LogP contribution >= 0.6 is 0 Å². The molecule has 5 nitrogen and oxygen atoms in total. The van der Waals surface area contributed by atoms with Gasteiger partial charge in [0.05, 0.1) is 13.2 Å². The van der Waals surface area contributed by atoms with Gasteiger partial charge in [0.15, 0.2) is 5.96 Å². The Morgan fingerprint density at radius 1 is 1.30 bits per heavy atom. The van der Waals surface area contributed by atoms with Gasteiger partial charge in [0.25, 0.3) is 0 Å². The maximum Gasteiger partial charge on any atom is 0.191 e. The predicted molar refractivity (Wildman–Crippen MR) is 115 cm³/mol. The zero-order valence-electron chi connectivity index (χ0n) is 17.0. The molecule has 1 fully saturated rings. The predicted octanol–water partition coefficient (Wildman–Crippen LogP) is 3.61. The molecule has 1 aromatic carbocycles. The molecule has 0 saturated heterocycles. The molecule has 1 aliphatic rings. The number of hydrogen-bond donors (Lipinski definition) is 2. The quantitative estimate of drug-likeness (QED) is 0.497. The Morgan fingerprint density at radius 3 is 2.89 bits per heavy atom. The van der Waals surface area contributed by atoms with Crippen LogP contribution in [0, 0.1) is 0 Å². The summed E-state index contributed by atoms with van der Waals surface area (Å²) in [7, 11) is -0.706. The van der Waals surface area contributed by atoms with Gasteiger partial charge in [-0.1, -0.05) is 32.4 Å². The summed E-state index contributed by atoms with van der Waals surface area (Å²) in [5.74, 6) is 2.49. The van der Waals surface area contributed by atoms with E-state index in [9.17, 15) is 4.21 Å². The molecule has 3 atom stereocenters. The molecule has 152 valence electrons. The standard InChI is InChI=1S/C21H35N3O2S/c1-4-13-26-19-11-7-9-17(14-19)16-23-21(22-5-2)24-18-10-8-12-20(15-18)27(25)6-3/h7,9,11,14,18,20H,4-6,8,10,12-13,15-16H2,1-3H3,(H2,22,23,24). The molecule has 0 amide bonds. The number of guanidine groups is 1.